The van der Waals surface area contributed by atoms with E-state index in [4.69, 9.17) is 15.2 Å². The monoisotopic (exact) mass is 229 g/mol. The number of nitrogens with two attached hydrogens (primary N) is 1. The number of hydrogen-bond acceptors (Lipinski definition) is 3. The van der Waals surface area contributed by atoms with E-state index in [1.54, 1.807) is 24.3 Å². The van der Waals surface area contributed by atoms with Crippen molar-refractivity contribution >= 4 is 0 Å². The summed E-state index contributed by atoms with van der Waals surface area (Å²) in [6, 6.07) is 7.01. The lowest BCUT2D eigenvalue weighted by Crippen LogP contribution is -2.39. The maximum Gasteiger partial charge on any atom is 0.263 e. The Morgan fingerprint density at radius 2 is 2.00 bits per heavy atom. The number of rotatable bonds is 3. The molecular formula is C11H13F2NO2. The summed E-state index contributed by atoms with van der Waals surface area (Å²) in [5.41, 5.74) is 4.97. The van der Waals surface area contributed by atoms with E-state index in [1.165, 1.54) is 0 Å². The molecule has 0 radical (unpaired) electrons. The first-order chi connectivity index (χ1) is 7.61. The standard InChI is InChI=1S/C11H13F2NO2/c12-11(13,7-14)5-8-6-15-9-3-1-2-4-10(9)16-8/h1-4,8H,5-7,14H2. The van der Waals surface area contributed by atoms with Gasteiger partial charge in [0, 0.05) is 0 Å². The van der Waals surface area contributed by atoms with Gasteiger partial charge in [-0.2, -0.15) is 0 Å². The number of alkyl halides is 2. The molecule has 1 aromatic carbocycles. The number of fused-ring (bicyclic) bond motifs is 1. The van der Waals surface area contributed by atoms with Crippen molar-refractivity contribution in [2.75, 3.05) is 13.2 Å². The summed E-state index contributed by atoms with van der Waals surface area (Å²) in [4.78, 5) is 0. The Kier molecular flexibility index (Phi) is 2.96. The highest BCUT2D eigenvalue weighted by atomic mass is 19.3. The summed E-state index contributed by atoms with van der Waals surface area (Å²) in [7, 11) is 0. The number of para-hydroxylation sites is 2. The van der Waals surface area contributed by atoms with Crippen LogP contribution in [-0.4, -0.2) is 25.2 Å². The highest BCUT2D eigenvalue weighted by Gasteiger charge is 2.34. The van der Waals surface area contributed by atoms with Crippen LogP contribution in [0, 0.1) is 0 Å². The molecule has 3 nitrogen and oxygen atoms in total. The molecule has 1 atom stereocenters. The minimum Gasteiger partial charge on any atom is -0.486 e. The molecule has 0 saturated heterocycles. The van der Waals surface area contributed by atoms with E-state index in [-0.39, 0.29) is 6.61 Å². The molecule has 0 fully saturated rings. The van der Waals surface area contributed by atoms with Gasteiger partial charge in [0.1, 0.15) is 12.7 Å². The van der Waals surface area contributed by atoms with Gasteiger partial charge in [0.2, 0.25) is 0 Å². The first-order valence-electron chi connectivity index (χ1n) is 5.07. The summed E-state index contributed by atoms with van der Waals surface area (Å²) in [5.74, 6) is -1.80. The van der Waals surface area contributed by atoms with Crippen molar-refractivity contribution in [1.29, 1.82) is 0 Å². The summed E-state index contributed by atoms with van der Waals surface area (Å²) in [5, 5.41) is 0. The smallest absolute Gasteiger partial charge is 0.263 e. The minimum absolute atomic E-state index is 0.132. The van der Waals surface area contributed by atoms with Crippen molar-refractivity contribution < 1.29 is 18.3 Å². The third kappa shape index (κ3) is 2.41. The lowest BCUT2D eigenvalue weighted by molar-refractivity contribution is -0.0457. The predicted molar refractivity (Wildman–Crippen MR) is 55.0 cm³/mol. The highest BCUT2D eigenvalue weighted by Crippen LogP contribution is 2.33. The van der Waals surface area contributed by atoms with Crippen LogP contribution in [0.2, 0.25) is 0 Å². The quantitative estimate of drug-likeness (QED) is 0.859. The van der Waals surface area contributed by atoms with Crippen LogP contribution in [0.3, 0.4) is 0 Å². The van der Waals surface area contributed by atoms with Crippen molar-refractivity contribution in [3.8, 4) is 11.5 Å². The molecule has 0 amide bonds. The molecule has 2 rings (SSSR count). The average Bonchev–Trinajstić information content (AvgIpc) is 2.28. The molecule has 5 heteroatoms. The maximum atomic E-state index is 13.1. The predicted octanol–water partition coefficient (Wildman–Crippen LogP) is 1.81. The fourth-order valence-electron chi connectivity index (χ4n) is 1.58. The zero-order valence-corrected chi connectivity index (χ0v) is 8.66. The van der Waals surface area contributed by atoms with Crippen LogP contribution in [0.15, 0.2) is 24.3 Å². The highest BCUT2D eigenvalue weighted by molar-refractivity contribution is 5.40. The Hall–Kier alpha value is -1.36. The molecule has 16 heavy (non-hydrogen) atoms. The first-order valence-corrected chi connectivity index (χ1v) is 5.07. The number of ether oxygens (including phenoxy) is 2. The van der Waals surface area contributed by atoms with Gasteiger partial charge in [-0.3, -0.25) is 0 Å². The van der Waals surface area contributed by atoms with Gasteiger partial charge in [-0.25, -0.2) is 8.78 Å². The van der Waals surface area contributed by atoms with E-state index in [2.05, 4.69) is 0 Å². The maximum absolute atomic E-state index is 13.1. The zero-order valence-electron chi connectivity index (χ0n) is 8.66. The largest absolute Gasteiger partial charge is 0.486 e. The molecule has 1 aliphatic rings. The second kappa shape index (κ2) is 4.25. The summed E-state index contributed by atoms with van der Waals surface area (Å²) >= 11 is 0. The minimum atomic E-state index is -2.90. The third-order valence-electron chi connectivity index (χ3n) is 2.39. The number of halogens is 2. The van der Waals surface area contributed by atoms with Crippen LogP contribution in [0.25, 0.3) is 0 Å². The molecule has 2 N–H and O–H groups in total. The van der Waals surface area contributed by atoms with Gasteiger partial charge in [-0.05, 0) is 12.1 Å². The van der Waals surface area contributed by atoms with Crippen LogP contribution < -0.4 is 15.2 Å². The van der Waals surface area contributed by atoms with Crippen molar-refractivity contribution in [3.63, 3.8) is 0 Å². The topological polar surface area (TPSA) is 44.5 Å². The van der Waals surface area contributed by atoms with Crippen molar-refractivity contribution in [2.24, 2.45) is 5.73 Å². The van der Waals surface area contributed by atoms with E-state index < -0.39 is 25.0 Å². The lowest BCUT2D eigenvalue weighted by Gasteiger charge is -2.28. The molecule has 1 heterocycles. The Balaban J connectivity index is 2.03. The van der Waals surface area contributed by atoms with Crippen LogP contribution in [0.1, 0.15) is 6.42 Å². The molecule has 0 aliphatic carbocycles. The van der Waals surface area contributed by atoms with Gasteiger partial charge in [-0.1, -0.05) is 12.1 Å². The molecule has 1 aliphatic heterocycles. The van der Waals surface area contributed by atoms with Gasteiger partial charge in [0.05, 0.1) is 13.0 Å². The van der Waals surface area contributed by atoms with Crippen LogP contribution in [0.5, 0.6) is 11.5 Å². The fourth-order valence-corrected chi connectivity index (χ4v) is 1.58. The van der Waals surface area contributed by atoms with Gasteiger partial charge in [-0.15, -0.1) is 0 Å². The van der Waals surface area contributed by atoms with Crippen molar-refractivity contribution in [3.05, 3.63) is 24.3 Å². The Morgan fingerprint density at radius 1 is 1.31 bits per heavy atom. The Labute approximate surface area is 92.1 Å². The first kappa shape index (κ1) is 11.1. The van der Waals surface area contributed by atoms with E-state index in [1.807, 2.05) is 0 Å². The van der Waals surface area contributed by atoms with Crippen LogP contribution >= 0.6 is 0 Å². The van der Waals surface area contributed by atoms with Crippen molar-refractivity contribution in [2.45, 2.75) is 18.4 Å². The van der Waals surface area contributed by atoms with Crippen molar-refractivity contribution in [1.82, 2.24) is 0 Å². The van der Waals surface area contributed by atoms with Crippen LogP contribution in [0.4, 0.5) is 8.78 Å². The molecule has 1 unspecified atom stereocenters. The average molecular weight is 229 g/mol. The van der Waals surface area contributed by atoms with E-state index in [0.29, 0.717) is 11.5 Å². The molecule has 88 valence electrons. The Morgan fingerprint density at radius 3 is 2.69 bits per heavy atom. The SMILES string of the molecule is NCC(F)(F)CC1COc2ccccc2O1. The zero-order chi connectivity index (χ0) is 11.6. The Bertz CT molecular complexity index is 371. The second-order valence-electron chi connectivity index (χ2n) is 3.76. The van der Waals surface area contributed by atoms with E-state index in [0.717, 1.165) is 0 Å². The lowest BCUT2D eigenvalue weighted by atomic mass is 10.1. The van der Waals surface area contributed by atoms with Gasteiger partial charge in [0.25, 0.3) is 5.92 Å². The normalized spacial score (nSPS) is 19.6. The second-order valence-corrected chi connectivity index (χ2v) is 3.76. The third-order valence-corrected chi connectivity index (χ3v) is 2.39. The number of hydrogen-bond donors (Lipinski definition) is 1. The molecule has 1 aromatic rings. The molecule has 0 spiro atoms. The molecular weight excluding hydrogens is 216 g/mol. The summed E-state index contributed by atoms with van der Waals surface area (Å²) < 4.78 is 36.8. The molecule has 0 saturated carbocycles. The molecule has 0 aromatic heterocycles. The summed E-state index contributed by atoms with van der Waals surface area (Å²) in [6.45, 7) is -0.541. The van der Waals surface area contributed by atoms with Gasteiger partial charge < -0.3 is 15.2 Å². The van der Waals surface area contributed by atoms with Crippen LogP contribution in [-0.2, 0) is 0 Å². The summed E-state index contributed by atoms with van der Waals surface area (Å²) in [6.07, 6.45) is -1.06. The van der Waals surface area contributed by atoms with E-state index in [9.17, 15) is 8.78 Å². The van der Waals surface area contributed by atoms with Gasteiger partial charge >= 0.3 is 0 Å². The molecule has 0 bridgehead atoms. The fraction of sp³-hybridized carbons (Fsp3) is 0.455. The van der Waals surface area contributed by atoms with E-state index >= 15 is 0 Å². The van der Waals surface area contributed by atoms with Gasteiger partial charge in [0.15, 0.2) is 11.5 Å². The number of benzene rings is 1.